The highest BCUT2D eigenvalue weighted by molar-refractivity contribution is 7.13. The van der Waals surface area contributed by atoms with Gasteiger partial charge >= 0.3 is 0 Å². The van der Waals surface area contributed by atoms with E-state index in [9.17, 15) is 0 Å². The van der Waals surface area contributed by atoms with Gasteiger partial charge in [0, 0.05) is 22.8 Å². The van der Waals surface area contributed by atoms with Gasteiger partial charge in [0.05, 0.1) is 10.4 Å². The standard InChI is InChI=1S/C14H12N2S/c1-10-11-6-5-7-12(14(11)17-16-10)13-8-3-2-4-9-15-13/h2-9,15H,1H3. The lowest BCUT2D eigenvalue weighted by atomic mass is 10.1. The van der Waals surface area contributed by atoms with Crippen molar-refractivity contribution >= 4 is 27.3 Å². The van der Waals surface area contributed by atoms with Crippen molar-refractivity contribution < 1.29 is 0 Å². The van der Waals surface area contributed by atoms with E-state index in [1.165, 1.54) is 15.6 Å². The lowest BCUT2D eigenvalue weighted by molar-refractivity contribution is 1.23. The molecule has 2 aromatic rings. The molecule has 1 aromatic heterocycles. The maximum Gasteiger partial charge on any atom is 0.0646 e. The molecule has 1 aliphatic rings. The molecular formula is C14H12N2S. The highest BCUT2D eigenvalue weighted by Crippen LogP contribution is 2.29. The summed E-state index contributed by atoms with van der Waals surface area (Å²) in [5.74, 6) is 0. The highest BCUT2D eigenvalue weighted by atomic mass is 32.1. The van der Waals surface area contributed by atoms with E-state index in [2.05, 4.69) is 40.9 Å². The zero-order valence-corrected chi connectivity index (χ0v) is 10.3. The normalized spacial score (nSPS) is 14.5. The van der Waals surface area contributed by atoms with Gasteiger partial charge in [0.1, 0.15) is 0 Å². The van der Waals surface area contributed by atoms with Crippen LogP contribution in [0.25, 0.3) is 15.8 Å². The summed E-state index contributed by atoms with van der Waals surface area (Å²) in [6.07, 6.45) is 10.1. The molecule has 0 spiro atoms. The Bertz CT molecular complexity index is 647. The van der Waals surface area contributed by atoms with Gasteiger partial charge in [-0.3, -0.25) is 0 Å². The summed E-state index contributed by atoms with van der Waals surface area (Å²) in [4.78, 5) is 0. The number of rotatable bonds is 1. The number of hydrogen-bond donors (Lipinski definition) is 1. The summed E-state index contributed by atoms with van der Waals surface area (Å²) in [5, 5.41) is 4.54. The minimum Gasteiger partial charge on any atom is -0.361 e. The Morgan fingerprint density at radius 1 is 1.18 bits per heavy atom. The van der Waals surface area contributed by atoms with E-state index in [-0.39, 0.29) is 0 Å². The van der Waals surface area contributed by atoms with E-state index in [0.717, 1.165) is 11.4 Å². The predicted octanol–water partition coefficient (Wildman–Crippen LogP) is 3.62. The van der Waals surface area contributed by atoms with Gasteiger partial charge in [0.2, 0.25) is 0 Å². The molecule has 1 N–H and O–H groups in total. The van der Waals surface area contributed by atoms with E-state index in [4.69, 9.17) is 0 Å². The van der Waals surface area contributed by atoms with Crippen molar-refractivity contribution in [2.24, 2.45) is 0 Å². The zero-order chi connectivity index (χ0) is 11.7. The van der Waals surface area contributed by atoms with Crippen LogP contribution >= 0.6 is 11.5 Å². The van der Waals surface area contributed by atoms with Crippen LogP contribution in [0, 0.1) is 6.92 Å². The van der Waals surface area contributed by atoms with Crippen molar-refractivity contribution in [3.63, 3.8) is 0 Å². The van der Waals surface area contributed by atoms with Crippen molar-refractivity contribution in [1.82, 2.24) is 9.69 Å². The fourth-order valence-electron chi connectivity index (χ4n) is 1.92. The molecule has 0 atom stereocenters. The van der Waals surface area contributed by atoms with Crippen LogP contribution in [0.4, 0.5) is 0 Å². The molecule has 0 saturated carbocycles. The number of fused-ring (bicyclic) bond motifs is 1. The second-order valence-electron chi connectivity index (χ2n) is 3.92. The first-order valence-electron chi connectivity index (χ1n) is 5.52. The van der Waals surface area contributed by atoms with Crippen molar-refractivity contribution in [3.8, 4) is 0 Å². The minimum atomic E-state index is 1.10. The summed E-state index contributed by atoms with van der Waals surface area (Å²) < 4.78 is 5.67. The SMILES string of the molecule is Cc1nsc2c(C3=CC=CC=CN3)cccc12. The van der Waals surface area contributed by atoms with Gasteiger partial charge in [-0.05, 0) is 30.6 Å². The van der Waals surface area contributed by atoms with Crippen LogP contribution in [0.2, 0.25) is 0 Å². The molecule has 0 amide bonds. The number of benzene rings is 1. The lowest BCUT2D eigenvalue weighted by Gasteiger charge is -2.07. The second-order valence-corrected chi connectivity index (χ2v) is 4.69. The minimum absolute atomic E-state index is 1.10. The molecule has 17 heavy (non-hydrogen) atoms. The summed E-state index contributed by atoms with van der Waals surface area (Å²) in [5.41, 5.74) is 3.43. The average molecular weight is 240 g/mol. The molecule has 1 aliphatic heterocycles. The van der Waals surface area contributed by atoms with E-state index in [1.54, 1.807) is 11.5 Å². The Morgan fingerprint density at radius 3 is 3.06 bits per heavy atom. The number of nitrogens with one attached hydrogen (secondary N) is 1. The first kappa shape index (κ1) is 10.3. The molecule has 0 saturated heterocycles. The third-order valence-corrected chi connectivity index (χ3v) is 3.78. The van der Waals surface area contributed by atoms with Crippen LogP contribution in [0.15, 0.2) is 48.7 Å². The van der Waals surface area contributed by atoms with Crippen LogP contribution in [0.3, 0.4) is 0 Å². The monoisotopic (exact) mass is 240 g/mol. The molecule has 3 rings (SSSR count). The summed E-state index contributed by atoms with van der Waals surface area (Å²) in [7, 11) is 0. The molecule has 84 valence electrons. The van der Waals surface area contributed by atoms with Gasteiger partial charge < -0.3 is 5.32 Å². The molecule has 0 aliphatic carbocycles. The van der Waals surface area contributed by atoms with Gasteiger partial charge in [-0.2, -0.15) is 4.37 Å². The van der Waals surface area contributed by atoms with Gasteiger partial charge in [-0.25, -0.2) is 0 Å². The quantitative estimate of drug-likeness (QED) is 0.823. The molecular weight excluding hydrogens is 228 g/mol. The third kappa shape index (κ3) is 1.78. The first-order chi connectivity index (χ1) is 8.36. The van der Waals surface area contributed by atoms with Gasteiger partial charge in [-0.1, -0.05) is 30.4 Å². The average Bonchev–Trinajstić information content (AvgIpc) is 2.59. The number of hydrogen-bond acceptors (Lipinski definition) is 3. The summed E-state index contributed by atoms with van der Waals surface area (Å²) in [6, 6.07) is 6.34. The number of allylic oxidation sites excluding steroid dienone is 4. The van der Waals surface area contributed by atoms with Gasteiger partial charge in [0.15, 0.2) is 0 Å². The summed E-state index contributed by atoms with van der Waals surface area (Å²) in [6.45, 7) is 2.05. The van der Waals surface area contributed by atoms with Crippen LogP contribution < -0.4 is 5.32 Å². The van der Waals surface area contributed by atoms with Crippen LogP contribution in [0.1, 0.15) is 11.3 Å². The zero-order valence-electron chi connectivity index (χ0n) is 9.47. The smallest absolute Gasteiger partial charge is 0.0646 e. The fourth-order valence-corrected chi connectivity index (χ4v) is 2.84. The van der Waals surface area contributed by atoms with Crippen LogP contribution in [-0.2, 0) is 0 Å². The fraction of sp³-hybridized carbons (Fsp3) is 0.0714. The van der Waals surface area contributed by atoms with E-state index in [0.29, 0.717) is 0 Å². The van der Waals surface area contributed by atoms with Crippen molar-refractivity contribution in [1.29, 1.82) is 0 Å². The van der Waals surface area contributed by atoms with Gasteiger partial charge in [-0.15, -0.1) is 0 Å². The molecule has 0 radical (unpaired) electrons. The Kier molecular flexibility index (Phi) is 2.53. The first-order valence-corrected chi connectivity index (χ1v) is 6.29. The maximum atomic E-state index is 4.43. The van der Waals surface area contributed by atoms with Crippen LogP contribution in [0.5, 0.6) is 0 Å². The Balaban J connectivity index is 2.20. The molecule has 1 aromatic carbocycles. The molecule has 0 bridgehead atoms. The van der Waals surface area contributed by atoms with Gasteiger partial charge in [0.25, 0.3) is 0 Å². The van der Waals surface area contributed by atoms with E-state index < -0.39 is 0 Å². The lowest BCUT2D eigenvalue weighted by Crippen LogP contribution is -2.02. The maximum absolute atomic E-state index is 4.43. The van der Waals surface area contributed by atoms with E-state index >= 15 is 0 Å². The molecule has 3 heteroatoms. The van der Waals surface area contributed by atoms with Crippen molar-refractivity contribution in [3.05, 3.63) is 60.0 Å². The van der Waals surface area contributed by atoms with Crippen molar-refractivity contribution in [2.75, 3.05) is 0 Å². The molecule has 0 fully saturated rings. The number of nitrogens with zero attached hydrogens (tertiary/aromatic N) is 1. The summed E-state index contributed by atoms with van der Waals surface area (Å²) >= 11 is 1.56. The van der Waals surface area contributed by atoms with Crippen molar-refractivity contribution in [2.45, 2.75) is 6.92 Å². The molecule has 2 heterocycles. The van der Waals surface area contributed by atoms with E-state index in [1.807, 2.05) is 24.4 Å². The Hall–Kier alpha value is -1.87. The van der Waals surface area contributed by atoms with Crippen LogP contribution in [-0.4, -0.2) is 4.37 Å². The Morgan fingerprint density at radius 2 is 2.12 bits per heavy atom. The highest BCUT2D eigenvalue weighted by Gasteiger charge is 2.09. The largest absolute Gasteiger partial charge is 0.361 e. The molecule has 2 nitrogen and oxygen atoms in total. The molecule has 0 unspecified atom stereocenters. The number of aromatic nitrogens is 1. The Labute approximate surface area is 104 Å². The topological polar surface area (TPSA) is 24.9 Å². The second kappa shape index (κ2) is 4.18. The third-order valence-electron chi connectivity index (χ3n) is 2.79. The predicted molar refractivity (Wildman–Crippen MR) is 73.7 cm³/mol. The number of aryl methyl sites for hydroxylation is 1.